The summed E-state index contributed by atoms with van der Waals surface area (Å²) in [6.45, 7) is 2.83. The van der Waals surface area contributed by atoms with E-state index in [1.807, 2.05) is 36.1 Å². The topological polar surface area (TPSA) is 42.7 Å². The van der Waals surface area contributed by atoms with Gasteiger partial charge in [-0.05, 0) is 19.5 Å². The lowest BCUT2D eigenvalue weighted by Crippen LogP contribution is -2.12. The van der Waals surface area contributed by atoms with Crippen LogP contribution in [-0.2, 0) is 6.54 Å². The first kappa shape index (κ1) is 10.8. The number of hydrogen-bond donors (Lipinski definition) is 1. The highest BCUT2D eigenvalue weighted by molar-refractivity contribution is 5.15. The summed E-state index contributed by atoms with van der Waals surface area (Å²) in [4.78, 5) is 0. The fourth-order valence-electron chi connectivity index (χ4n) is 1.51. The predicted octanol–water partition coefficient (Wildman–Crippen LogP) is 1.61. The molecule has 0 amide bonds. The highest BCUT2D eigenvalue weighted by atomic mass is 15.4. The monoisotopic (exact) mass is 216 g/mol. The fourth-order valence-corrected chi connectivity index (χ4v) is 1.51. The molecule has 0 bridgehead atoms. The number of nitrogens with one attached hydrogen (secondary N) is 1. The summed E-state index contributed by atoms with van der Waals surface area (Å²) < 4.78 is 1.86. The molecule has 0 radical (unpaired) electrons. The van der Waals surface area contributed by atoms with Crippen molar-refractivity contribution < 1.29 is 0 Å². The van der Waals surface area contributed by atoms with Gasteiger partial charge in [0.05, 0.1) is 18.4 Å². The van der Waals surface area contributed by atoms with E-state index in [0.29, 0.717) is 0 Å². The molecule has 0 aliphatic rings. The molecule has 1 unspecified atom stereocenters. The van der Waals surface area contributed by atoms with E-state index in [0.717, 1.165) is 12.2 Å². The van der Waals surface area contributed by atoms with E-state index >= 15 is 0 Å². The Morgan fingerprint density at radius 1 is 1.31 bits per heavy atom. The molecule has 1 N–H and O–H groups in total. The van der Waals surface area contributed by atoms with Crippen LogP contribution in [0, 0.1) is 0 Å². The maximum Gasteiger partial charge on any atom is 0.0993 e. The van der Waals surface area contributed by atoms with Gasteiger partial charge in [0.2, 0.25) is 0 Å². The molecule has 1 aromatic carbocycles. The summed E-state index contributed by atoms with van der Waals surface area (Å²) in [6.07, 6.45) is 1.98. The molecule has 0 saturated heterocycles. The zero-order valence-electron chi connectivity index (χ0n) is 9.59. The molecule has 16 heavy (non-hydrogen) atoms. The minimum atomic E-state index is 0.240. The van der Waals surface area contributed by atoms with E-state index < -0.39 is 0 Å². The normalized spacial score (nSPS) is 12.6. The van der Waals surface area contributed by atoms with Crippen LogP contribution >= 0.6 is 0 Å². The third kappa shape index (κ3) is 2.46. The smallest absolute Gasteiger partial charge is 0.0993 e. The molecular formula is C12H16N4. The van der Waals surface area contributed by atoms with E-state index in [9.17, 15) is 0 Å². The highest BCUT2D eigenvalue weighted by Gasteiger charge is 2.07. The second kappa shape index (κ2) is 4.90. The molecular weight excluding hydrogens is 200 g/mol. The van der Waals surface area contributed by atoms with Crippen molar-refractivity contribution >= 4 is 0 Å². The number of nitrogens with zero attached hydrogens (tertiary/aromatic N) is 3. The van der Waals surface area contributed by atoms with Gasteiger partial charge in [0, 0.05) is 6.04 Å². The van der Waals surface area contributed by atoms with Gasteiger partial charge in [-0.3, -0.25) is 0 Å². The lowest BCUT2D eigenvalue weighted by Gasteiger charge is -2.04. The van der Waals surface area contributed by atoms with E-state index in [1.165, 1.54) is 5.56 Å². The summed E-state index contributed by atoms with van der Waals surface area (Å²) in [5, 5.41) is 11.4. The van der Waals surface area contributed by atoms with Crippen LogP contribution in [0.2, 0.25) is 0 Å². The Hall–Kier alpha value is -1.68. The average Bonchev–Trinajstić information content (AvgIpc) is 2.78. The van der Waals surface area contributed by atoms with Gasteiger partial charge in [0.1, 0.15) is 0 Å². The third-order valence-corrected chi connectivity index (χ3v) is 2.62. The molecule has 4 nitrogen and oxygen atoms in total. The van der Waals surface area contributed by atoms with Gasteiger partial charge in [-0.25, -0.2) is 4.68 Å². The maximum atomic E-state index is 4.13. The standard InChI is InChI=1S/C12H16N4/c1-10(13-2)12-9-16(15-14-12)8-11-6-4-3-5-7-11/h3-7,9-10,13H,8H2,1-2H3. The molecule has 0 spiro atoms. The first-order valence-electron chi connectivity index (χ1n) is 5.41. The zero-order chi connectivity index (χ0) is 11.4. The van der Waals surface area contributed by atoms with Crippen molar-refractivity contribution in [1.82, 2.24) is 20.3 Å². The second-order valence-corrected chi connectivity index (χ2v) is 3.84. The van der Waals surface area contributed by atoms with Gasteiger partial charge < -0.3 is 5.32 Å². The SMILES string of the molecule is CNC(C)c1cn(Cc2ccccc2)nn1. The van der Waals surface area contributed by atoms with Crippen LogP contribution in [0.5, 0.6) is 0 Å². The van der Waals surface area contributed by atoms with E-state index in [-0.39, 0.29) is 6.04 Å². The molecule has 1 heterocycles. The quantitative estimate of drug-likeness (QED) is 0.844. The molecule has 2 rings (SSSR count). The Labute approximate surface area is 95.3 Å². The lowest BCUT2D eigenvalue weighted by molar-refractivity contribution is 0.626. The van der Waals surface area contributed by atoms with E-state index in [2.05, 4.69) is 34.7 Å². The van der Waals surface area contributed by atoms with Gasteiger partial charge in [0.25, 0.3) is 0 Å². The van der Waals surface area contributed by atoms with Crippen molar-refractivity contribution in [2.24, 2.45) is 0 Å². The van der Waals surface area contributed by atoms with Crippen molar-refractivity contribution in [3.8, 4) is 0 Å². The van der Waals surface area contributed by atoms with Crippen LogP contribution in [0.3, 0.4) is 0 Å². The third-order valence-electron chi connectivity index (χ3n) is 2.62. The van der Waals surface area contributed by atoms with E-state index in [4.69, 9.17) is 0 Å². The van der Waals surface area contributed by atoms with Crippen molar-refractivity contribution in [3.63, 3.8) is 0 Å². The van der Waals surface area contributed by atoms with Crippen LogP contribution in [0.25, 0.3) is 0 Å². The van der Waals surface area contributed by atoms with Crippen LogP contribution in [0.1, 0.15) is 24.2 Å². The van der Waals surface area contributed by atoms with Crippen molar-refractivity contribution in [2.45, 2.75) is 19.5 Å². The van der Waals surface area contributed by atoms with Crippen LogP contribution in [0.4, 0.5) is 0 Å². The van der Waals surface area contributed by atoms with E-state index in [1.54, 1.807) is 0 Å². The molecule has 1 aromatic heterocycles. The second-order valence-electron chi connectivity index (χ2n) is 3.84. The summed E-state index contributed by atoms with van der Waals surface area (Å²) >= 11 is 0. The molecule has 1 atom stereocenters. The van der Waals surface area contributed by atoms with Gasteiger partial charge in [-0.15, -0.1) is 5.10 Å². The van der Waals surface area contributed by atoms with Gasteiger partial charge >= 0.3 is 0 Å². The number of rotatable bonds is 4. The fraction of sp³-hybridized carbons (Fsp3) is 0.333. The Balaban J connectivity index is 2.09. The average molecular weight is 216 g/mol. The Morgan fingerprint density at radius 2 is 2.06 bits per heavy atom. The minimum absolute atomic E-state index is 0.240. The first-order chi connectivity index (χ1) is 7.79. The van der Waals surface area contributed by atoms with Gasteiger partial charge in [-0.1, -0.05) is 35.5 Å². The largest absolute Gasteiger partial charge is 0.312 e. The van der Waals surface area contributed by atoms with Gasteiger partial charge in [-0.2, -0.15) is 0 Å². The molecule has 2 aromatic rings. The molecule has 4 heteroatoms. The molecule has 0 fully saturated rings. The lowest BCUT2D eigenvalue weighted by atomic mass is 10.2. The Bertz CT molecular complexity index is 435. The summed E-state index contributed by atoms with van der Waals surface area (Å²) in [5.74, 6) is 0. The highest BCUT2D eigenvalue weighted by Crippen LogP contribution is 2.08. The summed E-state index contributed by atoms with van der Waals surface area (Å²) in [5.41, 5.74) is 2.20. The Morgan fingerprint density at radius 3 is 2.75 bits per heavy atom. The predicted molar refractivity (Wildman–Crippen MR) is 63.0 cm³/mol. The number of benzene rings is 1. The molecule has 0 aliphatic heterocycles. The van der Waals surface area contributed by atoms with Gasteiger partial charge in [0.15, 0.2) is 0 Å². The minimum Gasteiger partial charge on any atom is -0.312 e. The summed E-state index contributed by atoms with van der Waals surface area (Å²) in [7, 11) is 1.92. The van der Waals surface area contributed by atoms with Crippen LogP contribution in [0.15, 0.2) is 36.5 Å². The number of hydrogen-bond acceptors (Lipinski definition) is 3. The van der Waals surface area contributed by atoms with Crippen LogP contribution in [-0.4, -0.2) is 22.0 Å². The van der Waals surface area contributed by atoms with Crippen molar-refractivity contribution in [1.29, 1.82) is 0 Å². The zero-order valence-corrected chi connectivity index (χ0v) is 9.59. The molecule has 84 valence electrons. The molecule has 0 saturated carbocycles. The van der Waals surface area contributed by atoms with Crippen molar-refractivity contribution in [3.05, 3.63) is 47.8 Å². The van der Waals surface area contributed by atoms with Crippen LogP contribution < -0.4 is 5.32 Å². The summed E-state index contributed by atoms with van der Waals surface area (Å²) in [6, 6.07) is 10.5. The Kier molecular flexibility index (Phi) is 3.31. The van der Waals surface area contributed by atoms with Crippen molar-refractivity contribution in [2.75, 3.05) is 7.05 Å². The maximum absolute atomic E-state index is 4.13. The first-order valence-corrected chi connectivity index (χ1v) is 5.41. The number of aromatic nitrogens is 3. The molecule has 0 aliphatic carbocycles.